The monoisotopic (exact) mass is 324 g/mol. The second kappa shape index (κ2) is 6.65. The lowest BCUT2D eigenvalue weighted by molar-refractivity contribution is 0.0992. The number of aromatic nitrogens is 2. The Morgan fingerprint density at radius 1 is 0.680 bits per heavy atom. The van der Waals surface area contributed by atoms with Crippen molar-refractivity contribution in [3.63, 3.8) is 0 Å². The van der Waals surface area contributed by atoms with E-state index in [0.717, 1.165) is 22.3 Å². The van der Waals surface area contributed by atoms with Crippen LogP contribution in [0, 0.1) is 0 Å². The highest BCUT2D eigenvalue weighted by atomic mass is 16.1. The highest BCUT2D eigenvalue weighted by Gasteiger charge is 2.15. The van der Waals surface area contributed by atoms with Crippen molar-refractivity contribution in [3.8, 4) is 11.3 Å². The molecule has 0 atom stereocenters. The first kappa shape index (κ1) is 15.2. The molecule has 0 aliphatic carbocycles. The number of carbonyl (C=O) groups excluding carboxylic acids is 1. The van der Waals surface area contributed by atoms with E-state index in [9.17, 15) is 4.79 Å². The molecule has 3 nitrogen and oxygen atoms in total. The Kier molecular flexibility index (Phi) is 4.05. The van der Waals surface area contributed by atoms with Crippen LogP contribution < -0.4 is 0 Å². The molecule has 0 radical (unpaired) electrons. The van der Waals surface area contributed by atoms with Gasteiger partial charge in [0.2, 0.25) is 0 Å². The van der Waals surface area contributed by atoms with Gasteiger partial charge >= 0.3 is 0 Å². The number of hydrogen-bond donors (Lipinski definition) is 0. The second-order valence-corrected chi connectivity index (χ2v) is 5.84. The van der Waals surface area contributed by atoms with Gasteiger partial charge in [-0.25, -0.2) is 9.97 Å². The molecule has 0 unspecified atom stereocenters. The Bertz CT molecular complexity index is 1030. The van der Waals surface area contributed by atoms with Gasteiger partial charge in [0.05, 0.1) is 28.8 Å². The van der Waals surface area contributed by atoms with Crippen LogP contribution in [0.2, 0.25) is 0 Å². The summed E-state index contributed by atoms with van der Waals surface area (Å²) in [4.78, 5) is 22.2. The average molecular weight is 324 g/mol. The smallest absolute Gasteiger partial charge is 0.168 e. The number of nitrogens with zero attached hydrogens (tertiary/aromatic N) is 2. The van der Waals surface area contributed by atoms with Gasteiger partial charge in [-0.3, -0.25) is 4.79 Å². The third-order valence-electron chi connectivity index (χ3n) is 4.11. The van der Waals surface area contributed by atoms with Gasteiger partial charge in [-0.05, 0) is 12.1 Å². The Morgan fingerprint density at radius 3 is 1.92 bits per heavy atom. The number of carbonyl (C=O) groups is 1. The molecular weight excluding hydrogens is 308 g/mol. The van der Waals surface area contributed by atoms with Gasteiger partial charge in [0.25, 0.3) is 0 Å². The zero-order valence-electron chi connectivity index (χ0n) is 13.6. The predicted molar refractivity (Wildman–Crippen MR) is 99.5 cm³/mol. The molecule has 3 heteroatoms. The summed E-state index contributed by atoms with van der Waals surface area (Å²) in [5.74, 6) is 0.0439. The lowest BCUT2D eigenvalue weighted by atomic mass is 10.0. The summed E-state index contributed by atoms with van der Waals surface area (Å²) in [5.41, 5.74) is 4.77. The largest absolute Gasteiger partial charge is 0.294 e. The van der Waals surface area contributed by atoms with E-state index in [1.54, 1.807) is 0 Å². The van der Waals surface area contributed by atoms with Crippen LogP contribution in [0.5, 0.6) is 0 Å². The lowest BCUT2D eigenvalue weighted by Gasteiger charge is -2.10. The fourth-order valence-corrected chi connectivity index (χ4v) is 2.87. The molecule has 25 heavy (non-hydrogen) atoms. The van der Waals surface area contributed by atoms with Crippen LogP contribution in [-0.4, -0.2) is 15.8 Å². The molecule has 120 valence electrons. The molecule has 0 aliphatic heterocycles. The summed E-state index contributed by atoms with van der Waals surface area (Å²) in [7, 11) is 0. The van der Waals surface area contributed by atoms with Gasteiger partial charge in [-0.15, -0.1) is 0 Å². The molecule has 1 aromatic heterocycles. The number of para-hydroxylation sites is 2. The van der Waals surface area contributed by atoms with Gasteiger partial charge in [-0.1, -0.05) is 72.8 Å². The van der Waals surface area contributed by atoms with E-state index in [0.29, 0.717) is 11.3 Å². The Balaban J connectivity index is 1.82. The number of hydrogen-bond acceptors (Lipinski definition) is 3. The molecule has 1 heterocycles. The Labute approximate surface area is 146 Å². The molecule has 0 spiro atoms. The van der Waals surface area contributed by atoms with Crippen molar-refractivity contribution in [2.75, 3.05) is 0 Å². The fraction of sp³-hybridized carbons (Fsp3) is 0.0455. The first-order valence-corrected chi connectivity index (χ1v) is 8.20. The highest BCUT2D eigenvalue weighted by Crippen LogP contribution is 2.24. The van der Waals surface area contributed by atoms with Crippen LogP contribution in [0.4, 0.5) is 0 Å². The average Bonchev–Trinajstić information content (AvgIpc) is 2.69. The zero-order valence-corrected chi connectivity index (χ0v) is 13.6. The highest BCUT2D eigenvalue weighted by molar-refractivity contribution is 5.98. The minimum absolute atomic E-state index is 0.0439. The third kappa shape index (κ3) is 3.17. The molecule has 3 aromatic carbocycles. The van der Waals surface area contributed by atoms with Crippen molar-refractivity contribution in [3.05, 3.63) is 96.2 Å². The third-order valence-corrected chi connectivity index (χ3v) is 4.11. The van der Waals surface area contributed by atoms with Gasteiger partial charge in [0, 0.05) is 11.1 Å². The number of fused-ring (bicyclic) bond motifs is 1. The molecule has 4 aromatic rings. The van der Waals surface area contributed by atoms with Crippen LogP contribution in [0.1, 0.15) is 16.1 Å². The molecule has 0 amide bonds. The van der Waals surface area contributed by atoms with Gasteiger partial charge < -0.3 is 0 Å². The minimum atomic E-state index is 0.0439. The second-order valence-electron chi connectivity index (χ2n) is 5.84. The Morgan fingerprint density at radius 2 is 1.24 bits per heavy atom. The van der Waals surface area contributed by atoms with Crippen molar-refractivity contribution in [2.45, 2.75) is 6.42 Å². The van der Waals surface area contributed by atoms with Gasteiger partial charge in [0.15, 0.2) is 5.78 Å². The van der Waals surface area contributed by atoms with Crippen LogP contribution in [0.3, 0.4) is 0 Å². The zero-order chi connectivity index (χ0) is 17.1. The summed E-state index contributed by atoms with van der Waals surface area (Å²) in [6.45, 7) is 0. The molecule has 0 saturated carbocycles. The summed E-state index contributed by atoms with van der Waals surface area (Å²) in [5, 5.41) is 0. The minimum Gasteiger partial charge on any atom is -0.294 e. The van der Waals surface area contributed by atoms with E-state index in [-0.39, 0.29) is 12.2 Å². The van der Waals surface area contributed by atoms with Crippen LogP contribution >= 0.6 is 0 Å². The summed E-state index contributed by atoms with van der Waals surface area (Å²) >= 11 is 0. The number of Topliss-reactive ketones (excluding diaryl/α,β-unsaturated/α-hetero) is 1. The molecule has 0 bridgehead atoms. The maximum Gasteiger partial charge on any atom is 0.168 e. The number of benzene rings is 3. The van der Waals surface area contributed by atoms with E-state index in [4.69, 9.17) is 9.97 Å². The van der Waals surface area contributed by atoms with Crippen molar-refractivity contribution in [1.82, 2.24) is 9.97 Å². The standard InChI is InChI=1S/C22H16N2O/c25-21(16-9-3-1-4-10-16)15-20-22(17-11-5-2-6-12-17)24-19-14-8-7-13-18(19)23-20/h1-14H,15H2. The van der Waals surface area contributed by atoms with E-state index < -0.39 is 0 Å². The predicted octanol–water partition coefficient (Wildman–Crippen LogP) is 4.72. The topological polar surface area (TPSA) is 42.9 Å². The molecule has 0 N–H and O–H groups in total. The molecule has 0 fully saturated rings. The maximum atomic E-state index is 12.7. The lowest BCUT2D eigenvalue weighted by Crippen LogP contribution is -2.08. The van der Waals surface area contributed by atoms with E-state index >= 15 is 0 Å². The molecule has 4 rings (SSSR count). The molecule has 0 aliphatic rings. The van der Waals surface area contributed by atoms with Crippen molar-refractivity contribution in [1.29, 1.82) is 0 Å². The Hall–Kier alpha value is -3.33. The van der Waals surface area contributed by atoms with Crippen LogP contribution in [0.15, 0.2) is 84.9 Å². The van der Waals surface area contributed by atoms with E-state index in [1.165, 1.54) is 0 Å². The van der Waals surface area contributed by atoms with Crippen LogP contribution in [0.25, 0.3) is 22.3 Å². The number of rotatable bonds is 4. The first-order valence-electron chi connectivity index (χ1n) is 8.20. The number of ketones is 1. The summed E-state index contributed by atoms with van der Waals surface area (Å²) in [6.07, 6.45) is 0.228. The normalized spacial score (nSPS) is 10.7. The van der Waals surface area contributed by atoms with Crippen molar-refractivity contribution >= 4 is 16.8 Å². The van der Waals surface area contributed by atoms with Crippen LogP contribution in [-0.2, 0) is 6.42 Å². The summed E-state index contributed by atoms with van der Waals surface area (Å²) < 4.78 is 0. The first-order chi connectivity index (χ1) is 12.3. The maximum absolute atomic E-state index is 12.7. The SMILES string of the molecule is O=C(Cc1nc2ccccc2nc1-c1ccccc1)c1ccccc1. The fourth-order valence-electron chi connectivity index (χ4n) is 2.87. The van der Waals surface area contributed by atoms with Crippen molar-refractivity contribution in [2.24, 2.45) is 0 Å². The summed E-state index contributed by atoms with van der Waals surface area (Å²) in [6, 6.07) is 26.9. The van der Waals surface area contributed by atoms with E-state index in [1.807, 2.05) is 84.9 Å². The quantitative estimate of drug-likeness (QED) is 0.510. The van der Waals surface area contributed by atoms with Gasteiger partial charge in [0.1, 0.15) is 0 Å². The van der Waals surface area contributed by atoms with Gasteiger partial charge in [-0.2, -0.15) is 0 Å². The van der Waals surface area contributed by atoms with E-state index in [2.05, 4.69) is 0 Å². The van der Waals surface area contributed by atoms with Crippen molar-refractivity contribution < 1.29 is 4.79 Å². The molecular formula is C22H16N2O. The molecule has 0 saturated heterocycles.